The second kappa shape index (κ2) is 13.6. The summed E-state index contributed by atoms with van der Waals surface area (Å²) in [7, 11) is 0. The minimum Gasteiger partial charge on any atom is -0.0623 e. The Labute approximate surface area is 235 Å². The van der Waals surface area contributed by atoms with Gasteiger partial charge in [-0.25, -0.2) is 0 Å². The Morgan fingerprint density at radius 2 is 0.590 bits per heavy atom. The van der Waals surface area contributed by atoms with Crippen LogP contribution in [0.15, 0.2) is 182 Å². The molecule has 0 nitrogen and oxygen atoms in total. The van der Waals surface area contributed by atoms with E-state index in [0.29, 0.717) is 0 Å². The number of rotatable bonds is 7. The van der Waals surface area contributed by atoms with Gasteiger partial charge in [0.05, 0.1) is 0 Å². The third-order valence-corrected chi connectivity index (χ3v) is 15.2. The third-order valence-electron chi connectivity index (χ3n) is 6.79. The molecule has 1 heteroatoms. The molecule has 6 aromatic carbocycles. The van der Waals surface area contributed by atoms with Gasteiger partial charge in [0.25, 0.3) is 0 Å². The van der Waals surface area contributed by atoms with E-state index in [4.69, 9.17) is 0 Å². The molecule has 0 fully saturated rings. The molecule has 0 N–H and O–H groups in total. The van der Waals surface area contributed by atoms with Crippen molar-refractivity contribution in [3.63, 3.8) is 0 Å². The van der Waals surface area contributed by atoms with E-state index in [1.165, 1.54) is 31.2 Å². The van der Waals surface area contributed by atoms with E-state index >= 15 is 0 Å². The van der Waals surface area contributed by atoms with Crippen molar-refractivity contribution in [3.05, 3.63) is 193 Å². The molecule has 192 valence electrons. The van der Waals surface area contributed by atoms with E-state index in [1.807, 2.05) is 36.4 Å². The van der Waals surface area contributed by atoms with Crippen LogP contribution < -0.4 is 8.92 Å². The molecular weight excluding hydrogens is 535 g/mol. The fraction of sp³-hybridized carbons (Fsp3) is 0.0526. The standard InChI is InChI=1S/C32H28Se.C6H6/c1-5-13-27(14-6-1)25-33(31-19-11-4-12-20-31,26-28-15-7-2-8-16-28)32-23-21-30(22-24-32)29-17-9-3-10-18-29;1-2-4-6-5-3-1/h1-24H,25-26H2;1-6H. The summed E-state index contributed by atoms with van der Waals surface area (Å²) in [5.41, 5.74) is 5.39. The minimum absolute atomic E-state index is 1.10. The summed E-state index contributed by atoms with van der Waals surface area (Å²) in [6.07, 6.45) is 0. The summed E-state index contributed by atoms with van der Waals surface area (Å²) >= 11 is -2.40. The van der Waals surface area contributed by atoms with Gasteiger partial charge in [0.15, 0.2) is 0 Å². The van der Waals surface area contributed by atoms with E-state index in [-0.39, 0.29) is 0 Å². The normalized spacial score (nSPS) is 11.2. The zero-order valence-corrected chi connectivity index (χ0v) is 23.9. The SMILES string of the molecule is c1ccc(C[Se](Cc2ccccc2)(c2ccccc2)c2ccc(-c3ccccc3)cc2)cc1.c1ccccc1. The van der Waals surface area contributed by atoms with Crippen molar-refractivity contribution < 1.29 is 0 Å². The predicted molar refractivity (Wildman–Crippen MR) is 170 cm³/mol. The van der Waals surface area contributed by atoms with Gasteiger partial charge < -0.3 is 0 Å². The maximum atomic E-state index is 2.40. The van der Waals surface area contributed by atoms with Crippen LogP contribution in [-0.4, -0.2) is 12.8 Å². The van der Waals surface area contributed by atoms with Crippen molar-refractivity contribution in [2.45, 2.75) is 10.6 Å². The molecule has 0 radical (unpaired) electrons. The van der Waals surface area contributed by atoms with Crippen LogP contribution in [0.1, 0.15) is 11.1 Å². The van der Waals surface area contributed by atoms with Gasteiger partial charge in [0.1, 0.15) is 0 Å². The largest absolute Gasteiger partial charge is 0.0623 e. The van der Waals surface area contributed by atoms with Crippen LogP contribution >= 0.6 is 0 Å². The molecule has 0 unspecified atom stereocenters. The van der Waals surface area contributed by atoms with E-state index in [9.17, 15) is 0 Å². The second-order valence-corrected chi connectivity index (χ2v) is 16.4. The third kappa shape index (κ3) is 7.03. The summed E-state index contributed by atoms with van der Waals surface area (Å²) < 4.78 is 3.01. The summed E-state index contributed by atoms with van der Waals surface area (Å²) in [6.45, 7) is 0. The van der Waals surface area contributed by atoms with Crippen molar-refractivity contribution in [1.82, 2.24) is 0 Å². The first-order valence-electron chi connectivity index (χ1n) is 13.4. The average molecular weight is 570 g/mol. The van der Waals surface area contributed by atoms with Crippen molar-refractivity contribution in [2.75, 3.05) is 0 Å². The number of benzene rings is 6. The molecule has 0 spiro atoms. The maximum absolute atomic E-state index is 2.40. The number of hydrogen-bond donors (Lipinski definition) is 0. The first-order valence-corrected chi connectivity index (χ1v) is 17.5. The molecular formula is C38H34Se. The first kappa shape index (κ1) is 26.4. The van der Waals surface area contributed by atoms with Gasteiger partial charge >= 0.3 is 200 Å². The molecule has 6 rings (SSSR count). The van der Waals surface area contributed by atoms with E-state index in [1.54, 1.807) is 0 Å². The van der Waals surface area contributed by atoms with Gasteiger partial charge in [0, 0.05) is 0 Å². The van der Waals surface area contributed by atoms with E-state index in [2.05, 4.69) is 146 Å². The Morgan fingerprint density at radius 3 is 1.03 bits per heavy atom. The molecule has 0 aliphatic rings. The van der Waals surface area contributed by atoms with Crippen LogP contribution in [0.5, 0.6) is 0 Å². The maximum Gasteiger partial charge on any atom is -0.0623 e. The van der Waals surface area contributed by atoms with Crippen LogP contribution in [-0.2, 0) is 10.6 Å². The summed E-state index contributed by atoms with van der Waals surface area (Å²) in [5.74, 6) is 0. The molecule has 0 amide bonds. The molecule has 0 heterocycles. The average Bonchev–Trinajstić information content (AvgIpc) is 3.04. The van der Waals surface area contributed by atoms with Crippen molar-refractivity contribution in [1.29, 1.82) is 0 Å². The van der Waals surface area contributed by atoms with Gasteiger partial charge in [-0.2, -0.15) is 0 Å². The Bertz CT molecular complexity index is 1430. The van der Waals surface area contributed by atoms with Gasteiger partial charge in [-0.1, -0.05) is 36.4 Å². The van der Waals surface area contributed by atoms with Crippen LogP contribution in [0.3, 0.4) is 0 Å². The van der Waals surface area contributed by atoms with Crippen molar-refractivity contribution >= 4 is 21.8 Å². The van der Waals surface area contributed by atoms with Crippen LogP contribution in [0.4, 0.5) is 0 Å². The first-order chi connectivity index (χ1) is 19.3. The second-order valence-electron chi connectivity index (χ2n) is 9.50. The molecule has 39 heavy (non-hydrogen) atoms. The Hall–Kier alpha value is -4.16. The smallest absolute Gasteiger partial charge is 0.0623 e. The Morgan fingerprint density at radius 1 is 0.282 bits per heavy atom. The van der Waals surface area contributed by atoms with Crippen molar-refractivity contribution in [3.8, 4) is 11.1 Å². The fourth-order valence-electron chi connectivity index (χ4n) is 4.84. The van der Waals surface area contributed by atoms with E-state index in [0.717, 1.165) is 10.6 Å². The van der Waals surface area contributed by atoms with Crippen LogP contribution in [0.25, 0.3) is 11.1 Å². The molecule has 0 saturated carbocycles. The van der Waals surface area contributed by atoms with Crippen molar-refractivity contribution in [2.24, 2.45) is 0 Å². The number of hydrogen-bond acceptors (Lipinski definition) is 0. The molecule has 0 saturated heterocycles. The summed E-state index contributed by atoms with van der Waals surface area (Å²) in [4.78, 5) is 0. The molecule has 0 bridgehead atoms. The van der Waals surface area contributed by atoms with Gasteiger partial charge in [-0.05, 0) is 0 Å². The van der Waals surface area contributed by atoms with Gasteiger partial charge in [-0.3, -0.25) is 0 Å². The molecule has 0 aliphatic carbocycles. The zero-order chi connectivity index (χ0) is 26.6. The summed E-state index contributed by atoms with van der Waals surface area (Å²) in [6, 6.07) is 65.4. The van der Waals surface area contributed by atoms with Crippen LogP contribution in [0.2, 0.25) is 0 Å². The van der Waals surface area contributed by atoms with Gasteiger partial charge in [-0.15, -0.1) is 0 Å². The topological polar surface area (TPSA) is 0 Å². The summed E-state index contributed by atoms with van der Waals surface area (Å²) in [5, 5.41) is 2.20. The monoisotopic (exact) mass is 570 g/mol. The van der Waals surface area contributed by atoms with Crippen LogP contribution in [0, 0.1) is 0 Å². The predicted octanol–water partition coefficient (Wildman–Crippen LogP) is 8.17. The molecule has 0 aliphatic heterocycles. The fourth-order valence-corrected chi connectivity index (χ4v) is 13.0. The quantitative estimate of drug-likeness (QED) is 0.170. The zero-order valence-electron chi connectivity index (χ0n) is 22.1. The Kier molecular flexibility index (Phi) is 9.21. The minimum atomic E-state index is -2.40. The molecule has 0 atom stereocenters. The molecule has 6 aromatic rings. The Balaban J connectivity index is 0.000000455. The van der Waals surface area contributed by atoms with Gasteiger partial charge in [0.2, 0.25) is 0 Å². The molecule has 0 aromatic heterocycles. The van der Waals surface area contributed by atoms with E-state index < -0.39 is 12.8 Å².